The smallest absolute Gasteiger partial charge is 0.260 e. The molecule has 23 heavy (non-hydrogen) atoms. The van der Waals surface area contributed by atoms with E-state index in [1.54, 1.807) is 6.92 Å². The number of benzene rings is 1. The Morgan fingerprint density at radius 2 is 2.13 bits per heavy atom. The molecule has 0 saturated carbocycles. The van der Waals surface area contributed by atoms with Crippen molar-refractivity contribution < 1.29 is 22.3 Å². The number of hydrogen-bond donors (Lipinski definition) is 1. The lowest BCUT2D eigenvalue weighted by Crippen LogP contribution is -2.38. The summed E-state index contributed by atoms with van der Waals surface area (Å²) in [6.07, 6.45) is 0.856. The normalized spacial score (nSPS) is 13.0. The van der Waals surface area contributed by atoms with Crippen molar-refractivity contribution in [3.8, 4) is 5.75 Å². The molecule has 1 amide bonds. The average Bonchev–Trinajstić information content (AvgIpc) is 2.44. The summed E-state index contributed by atoms with van der Waals surface area (Å²) < 4.78 is 42.5. The van der Waals surface area contributed by atoms with E-state index in [-0.39, 0.29) is 5.91 Å². The van der Waals surface area contributed by atoms with Crippen LogP contribution in [0.2, 0.25) is 0 Å². The van der Waals surface area contributed by atoms with E-state index in [4.69, 9.17) is 4.74 Å². The van der Waals surface area contributed by atoms with E-state index >= 15 is 0 Å². The number of ether oxygens (including phenoxy) is 1. The van der Waals surface area contributed by atoms with Gasteiger partial charge in [-0.3, -0.25) is 4.79 Å². The molecular weight excluding hydrogens is 391 g/mol. The van der Waals surface area contributed by atoms with Gasteiger partial charge in [-0.1, -0.05) is 0 Å². The van der Waals surface area contributed by atoms with Crippen molar-refractivity contribution in [1.29, 1.82) is 0 Å². The summed E-state index contributed by atoms with van der Waals surface area (Å²) in [7, 11) is -1.73. The van der Waals surface area contributed by atoms with Crippen LogP contribution in [0.3, 0.4) is 0 Å². The van der Waals surface area contributed by atoms with Crippen molar-refractivity contribution in [2.75, 3.05) is 26.4 Å². The minimum absolute atomic E-state index is 0.317. The maximum atomic E-state index is 13.0. The summed E-state index contributed by atoms with van der Waals surface area (Å²) in [5.41, 5.74) is 0. The molecule has 0 aromatic heterocycles. The number of hydrogen-bond acceptors (Lipinski definition) is 4. The Morgan fingerprint density at radius 1 is 1.48 bits per heavy atom. The predicted molar refractivity (Wildman–Crippen MR) is 89.3 cm³/mol. The second-order valence-electron chi connectivity index (χ2n) is 5.06. The third kappa shape index (κ3) is 6.84. The molecule has 0 aliphatic rings. The molecule has 1 atom stereocenters. The van der Waals surface area contributed by atoms with Gasteiger partial charge in [-0.25, -0.2) is 17.1 Å². The molecule has 0 heterocycles. The molecule has 0 spiro atoms. The number of carbonyl (C=O) groups excluding carboxylic acids is 1. The first-order chi connectivity index (χ1) is 10.6. The fourth-order valence-electron chi connectivity index (χ4n) is 1.64. The van der Waals surface area contributed by atoms with Gasteiger partial charge in [-0.05, 0) is 47.5 Å². The largest absolute Gasteiger partial charge is 0.480 e. The fraction of sp³-hybridized carbons (Fsp3) is 0.500. The SMILES string of the molecule is CC(Oc1ccc(F)cc1Br)C(=O)NCCCN(C)S(C)(=O)=O. The Labute approximate surface area is 144 Å². The third-order valence-electron chi connectivity index (χ3n) is 3.08. The van der Waals surface area contributed by atoms with Crippen molar-refractivity contribution in [1.82, 2.24) is 9.62 Å². The second kappa shape index (κ2) is 8.60. The number of nitrogens with zero attached hydrogens (tertiary/aromatic N) is 1. The molecule has 0 aliphatic carbocycles. The monoisotopic (exact) mass is 410 g/mol. The lowest BCUT2D eigenvalue weighted by Gasteiger charge is -2.17. The summed E-state index contributed by atoms with van der Waals surface area (Å²) in [5.74, 6) is -0.370. The Morgan fingerprint density at radius 3 is 2.70 bits per heavy atom. The zero-order valence-electron chi connectivity index (χ0n) is 13.2. The number of amides is 1. The lowest BCUT2D eigenvalue weighted by molar-refractivity contribution is -0.127. The molecule has 1 N–H and O–H groups in total. The molecule has 1 aromatic rings. The Balaban J connectivity index is 2.40. The van der Waals surface area contributed by atoms with E-state index in [0.29, 0.717) is 29.7 Å². The van der Waals surface area contributed by atoms with E-state index in [1.165, 1.54) is 29.6 Å². The average molecular weight is 411 g/mol. The highest BCUT2D eigenvalue weighted by Crippen LogP contribution is 2.26. The molecule has 1 unspecified atom stereocenters. The molecular formula is C14H20BrFN2O4S. The number of carbonyl (C=O) groups is 1. The van der Waals surface area contributed by atoms with Gasteiger partial charge in [0.05, 0.1) is 10.7 Å². The zero-order chi connectivity index (χ0) is 17.6. The molecule has 0 aliphatic heterocycles. The van der Waals surface area contributed by atoms with Gasteiger partial charge in [0.25, 0.3) is 5.91 Å². The molecule has 0 bridgehead atoms. The van der Waals surface area contributed by atoms with Crippen molar-refractivity contribution in [3.63, 3.8) is 0 Å². The van der Waals surface area contributed by atoms with E-state index in [9.17, 15) is 17.6 Å². The highest BCUT2D eigenvalue weighted by atomic mass is 79.9. The van der Waals surface area contributed by atoms with Crippen LogP contribution in [0.5, 0.6) is 5.75 Å². The van der Waals surface area contributed by atoms with Gasteiger partial charge in [-0.2, -0.15) is 0 Å². The van der Waals surface area contributed by atoms with Crippen LogP contribution in [0.4, 0.5) is 4.39 Å². The van der Waals surface area contributed by atoms with Crippen LogP contribution in [0, 0.1) is 5.82 Å². The van der Waals surface area contributed by atoms with Crippen LogP contribution in [-0.2, 0) is 14.8 Å². The number of sulfonamides is 1. The number of nitrogens with one attached hydrogen (secondary N) is 1. The van der Waals surface area contributed by atoms with Gasteiger partial charge in [0.1, 0.15) is 11.6 Å². The van der Waals surface area contributed by atoms with Crippen LogP contribution in [0.1, 0.15) is 13.3 Å². The summed E-state index contributed by atoms with van der Waals surface area (Å²) in [6.45, 7) is 2.22. The van der Waals surface area contributed by atoms with Crippen LogP contribution in [-0.4, -0.2) is 51.1 Å². The first kappa shape index (κ1) is 19.9. The number of halogens is 2. The van der Waals surface area contributed by atoms with Crippen LogP contribution in [0.25, 0.3) is 0 Å². The molecule has 0 radical (unpaired) electrons. The Kier molecular flexibility index (Phi) is 7.43. The first-order valence-electron chi connectivity index (χ1n) is 6.92. The maximum absolute atomic E-state index is 13.0. The molecule has 130 valence electrons. The first-order valence-corrected chi connectivity index (χ1v) is 9.56. The van der Waals surface area contributed by atoms with E-state index in [0.717, 1.165) is 6.26 Å². The Bertz CT molecular complexity index is 654. The third-order valence-corrected chi connectivity index (χ3v) is 5.02. The second-order valence-corrected chi connectivity index (χ2v) is 8.01. The molecule has 1 rings (SSSR count). The van der Waals surface area contributed by atoms with E-state index in [2.05, 4.69) is 21.2 Å². The summed E-state index contributed by atoms with van der Waals surface area (Å²) in [6, 6.07) is 3.93. The molecule has 0 saturated heterocycles. The van der Waals surface area contributed by atoms with Crippen molar-refractivity contribution in [2.45, 2.75) is 19.4 Å². The van der Waals surface area contributed by atoms with Gasteiger partial charge < -0.3 is 10.1 Å². The van der Waals surface area contributed by atoms with E-state index in [1.807, 2.05) is 0 Å². The highest BCUT2D eigenvalue weighted by molar-refractivity contribution is 9.10. The lowest BCUT2D eigenvalue weighted by atomic mass is 10.3. The van der Waals surface area contributed by atoms with Gasteiger partial charge in [0.15, 0.2) is 6.10 Å². The minimum Gasteiger partial charge on any atom is -0.480 e. The quantitative estimate of drug-likeness (QED) is 0.662. The summed E-state index contributed by atoms with van der Waals surface area (Å²) in [5, 5.41) is 2.67. The minimum atomic E-state index is -3.21. The Hall–Kier alpha value is -1.19. The van der Waals surface area contributed by atoms with Crippen LogP contribution < -0.4 is 10.1 Å². The molecule has 1 aromatic carbocycles. The molecule has 9 heteroatoms. The fourth-order valence-corrected chi connectivity index (χ4v) is 2.54. The predicted octanol–water partition coefficient (Wildman–Crippen LogP) is 1.75. The van der Waals surface area contributed by atoms with Crippen molar-refractivity contribution in [2.24, 2.45) is 0 Å². The van der Waals surface area contributed by atoms with Crippen LogP contribution in [0.15, 0.2) is 22.7 Å². The summed E-state index contributed by atoms with van der Waals surface area (Å²) >= 11 is 3.16. The zero-order valence-corrected chi connectivity index (χ0v) is 15.6. The van der Waals surface area contributed by atoms with Gasteiger partial charge in [-0.15, -0.1) is 0 Å². The van der Waals surface area contributed by atoms with Gasteiger partial charge >= 0.3 is 0 Å². The maximum Gasteiger partial charge on any atom is 0.260 e. The van der Waals surface area contributed by atoms with Gasteiger partial charge in [0, 0.05) is 20.1 Å². The standard InChI is InChI=1S/C14H20BrFN2O4S/c1-10(22-13-6-5-11(16)9-12(13)15)14(19)17-7-4-8-18(2)23(3,20)21/h5-6,9-10H,4,7-8H2,1-3H3,(H,17,19). The highest BCUT2D eigenvalue weighted by Gasteiger charge is 2.16. The molecule has 0 fully saturated rings. The van der Waals surface area contributed by atoms with Gasteiger partial charge in [0.2, 0.25) is 10.0 Å². The van der Waals surface area contributed by atoms with Crippen molar-refractivity contribution >= 4 is 31.9 Å². The van der Waals surface area contributed by atoms with Crippen molar-refractivity contribution in [3.05, 3.63) is 28.5 Å². The van der Waals surface area contributed by atoms with Crippen LogP contribution >= 0.6 is 15.9 Å². The summed E-state index contributed by atoms with van der Waals surface area (Å²) in [4.78, 5) is 11.9. The van der Waals surface area contributed by atoms with E-state index < -0.39 is 21.9 Å². The number of rotatable bonds is 8. The molecule has 6 nitrogen and oxygen atoms in total. The topological polar surface area (TPSA) is 75.7 Å².